The van der Waals surface area contributed by atoms with E-state index in [1.807, 2.05) is 24.3 Å². The van der Waals surface area contributed by atoms with Gasteiger partial charge in [-0.2, -0.15) is 0 Å². The van der Waals surface area contributed by atoms with Gasteiger partial charge in [0.05, 0.1) is 25.1 Å². The van der Waals surface area contributed by atoms with Gasteiger partial charge in [0.1, 0.15) is 6.23 Å². The number of nitrogens with two attached hydrogens (primary N) is 1. The normalized spacial score (nSPS) is 15.1. The van der Waals surface area contributed by atoms with Crippen LogP contribution in [0.1, 0.15) is 27.7 Å². The number of hydrogen-bond acceptors (Lipinski definition) is 7. The average Bonchev–Trinajstić information content (AvgIpc) is 2.90. The molecule has 1 aromatic heterocycles. The van der Waals surface area contributed by atoms with Gasteiger partial charge in [0.2, 0.25) is 0 Å². The molecule has 184 valence electrons. The molecule has 2 aromatic carbocycles. The summed E-state index contributed by atoms with van der Waals surface area (Å²) in [5.41, 5.74) is 9.54. The molecule has 1 amide bonds. The number of morpholine rings is 1. The molecule has 1 saturated heterocycles. The Balaban J connectivity index is 1.49. The minimum Gasteiger partial charge on any atom is -0.379 e. The Morgan fingerprint density at radius 2 is 2.03 bits per heavy atom. The van der Waals surface area contributed by atoms with E-state index in [1.165, 1.54) is 12.3 Å². The fourth-order valence-corrected chi connectivity index (χ4v) is 4.01. The first-order valence-corrected chi connectivity index (χ1v) is 11.6. The lowest BCUT2D eigenvalue weighted by Crippen LogP contribution is -2.40. The lowest BCUT2D eigenvalue weighted by atomic mass is 9.95. The van der Waals surface area contributed by atoms with Crippen LogP contribution in [0.4, 0.5) is 10.1 Å². The summed E-state index contributed by atoms with van der Waals surface area (Å²) < 4.78 is 19.3. The van der Waals surface area contributed by atoms with Gasteiger partial charge in [-0.05, 0) is 46.5 Å². The highest BCUT2D eigenvalue weighted by Crippen LogP contribution is 2.28. The Morgan fingerprint density at radius 1 is 1.20 bits per heavy atom. The molecular formula is C26H30FN5O3. The van der Waals surface area contributed by atoms with Gasteiger partial charge < -0.3 is 20.9 Å². The molecule has 1 aliphatic heterocycles. The van der Waals surface area contributed by atoms with Gasteiger partial charge in [-0.15, -0.1) is 0 Å². The van der Waals surface area contributed by atoms with Gasteiger partial charge in [-0.25, -0.2) is 4.39 Å². The van der Waals surface area contributed by atoms with E-state index < -0.39 is 18.0 Å². The highest BCUT2D eigenvalue weighted by Gasteiger charge is 2.15. The molecule has 5 N–H and O–H groups in total. The van der Waals surface area contributed by atoms with Crippen LogP contribution >= 0.6 is 0 Å². The minimum atomic E-state index is -0.835. The SMILES string of the molecule is NCc1ccc(C(=O)Nc2ccncc2F)cc1-c1cccc(C(O)NCCN2CCOCC2)c1. The summed E-state index contributed by atoms with van der Waals surface area (Å²) in [6.07, 6.45) is 1.62. The van der Waals surface area contributed by atoms with Crippen molar-refractivity contribution < 1.29 is 19.0 Å². The van der Waals surface area contributed by atoms with Crippen molar-refractivity contribution in [2.75, 3.05) is 44.7 Å². The Bertz CT molecular complexity index is 1150. The number of ether oxygens (including phenoxy) is 1. The summed E-state index contributed by atoms with van der Waals surface area (Å²) in [4.78, 5) is 18.8. The second-order valence-corrected chi connectivity index (χ2v) is 8.32. The number of aliphatic hydroxyl groups excluding tert-OH is 1. The third kappa shape index (κ3) is 6.47. The molecule has 4 rings (SSSR count). The van der Waals surface area contributed by atoms with Crippen LogP contribution in [0.2, 0.25) is 0 Å². The maximum Gasteiger partial charge on any atom is 0.255 e. The van der Waals surface area contributed by atoms with Crippen LogP contribution < -0.4 is 16.4 Å². The fraction of sp³-hybridized carbons (Fsp3) is 0.308. The van der Waals surface area contributed by atoms with E-state index in [1.54, 1.807) is 18.2 Å². The number of nitrogens with one attached hydrogen (secondary N) is 2. The van der Waals surface area contributed by atoms with Gasteiger partial charge in [-0.1, -0.05) is 24.3 Å². The quantitative estimate of drug-likeness (QED) is 0.349. The Hall–Kier alpha value is -3.21. The van der Waals surface area contributed by atoms with Crippen LogP contribution in [-0.2, 0) is 11.3 Å². The van der Waals surface area contributed by atoms with E-state index in [9.17, 15) is 14.3 Å². The number of aromatic nitrogens is 1. The molecular weight excluding hydrogens is 449 g/mol. The van der Waals surface area contributed by atoms with Crippen molar-refractivity contribution in [3.63, 3.8) is 0 Å². The lowest BCUT2D eigenvalue weighted by molar-refractivity contribution is 0.0356. The third-order valence-corrected chi connectivity index (χ3v) is 6.00. The predicted molar refractivity (Wildman–Crippen MR) is 132 cm³/mol. The molecule has 1 fully saturated rings. The second kappa shape index (κ2) is 12.0. The first-order chi connectivity index (χ1) is 17.0. The zero-order valence-corrected chi connectivity index (χ0v) is 19.4. The summed E-state index contributed by atoms with van der Waals surface area (Å²) in [6.45, 7) is 5.01. The van der Waals surface area contributed by atoms with Gasteiger partial charge in [0.15, 0.2) is 5.82 Å². The average molecular weight is 480 g/mol. The highest BCUT2D eigenvalue weighted by molar-refractivity contribution is 6.05. The Labute approximate surface area is 203 Å². The molecule has 8 nitrogen and oxygen atoms in total. The number of rotatable bonds is 9. The molecule has 1 aliphatic rings. The molecule has 0 saturated carbocycles. The fourth-order valence-electron chi connectivity index (χ4n) is 4.01. The molecule has 0 bridgehead atoms. The van der Waals surface area contributed by atoms with Crippen LogP contribution in [0.5, 0.6) is 0 Å². The van der Waals surface area contributed by atoms with Gasteiger partial charge in [0.25, 0.3) is 5.91 Å². The number of aliphatic hydroxyl groups is 1. The lowest BCUT2D eigenvalue weighted by Gasteiger charge is -2.27. The predicted octanol–water partition coefficient (Wildman–Crippen LogP) is 2.51. The first-order valence-electron chi connectivity index (χ1n) is 11.6. The van der Waals surface area contributed by atoms with Crippen LogP contribution in [0, 0.1) is 5.82 Å². The van der Waals surface area contributed by atoms with Crippen molar-refractivity contribution in [2.45, 2.75) is 12.8 Å². The minimum absolute atomic E-state index is 0.0581. The van der Waals surface area contributed by atoms with E-state index in [2.05, 4.69) is 20.5 Å². The zero-order chi connectivity index (χ0) is 24.6. The van der Waals surface area contributed by atoms with Crippen LogP contribution in [0.15, 0.2) is 60.9 Å². The standard InChI is InChI=1S/C26H30FN5O3/c27-23-17-29-7-6-24(23)31-26(34)20-4-5-21(16-28)22(15-20)18-2-1-3-19(14-18)25(33)30-8-9-32-10-12-35-13-11-32/h1-7,14-15,17,25,30,33H,8-13,16,28H2,(H,29,31,34). The van der Waals surface area contributed by atoms with Crippen molar-refractivity contribution in [2.24, 2.45) is 5.73 Å². The van der Waals surface area contributed by atoms with Crippen molar-refractivity contribution in [3.05, 3.63) is 83.4 Å². The topological polar surface area (TPSA) is 113 Å². The van der Waals surface area contributed by atoms with Crippen molar-refractivity contribution in [1.29, 1.82) is 0 Å². The van der Waals surface area contributed by atoms with E-state index in [-0.39, 0.29) is 12.2 Å². The van der Waals surface area contributed by atoms with Crippen molar-refractivity contribution in [1.82, 2.24) is 15.2 Å². The van der Waals surface area contributed by atoms with Gasteiger partial charge >= 0.3 is 0 Å². The number of amides is 1. The molecule has 35 heavy (non-hydrogen) atoms. The molecule has 0 radical (unpaired) electrons. The summed E-state index contributed by atoms with van der Waals surface area (Å²) in [5, 5.41) is 16.4. The highest BCUT2D eigenvalue weighted by atomic mass is 19.1. The Morgan fingerprint density at radius 3 is 2.80 bits per heavy atom. The molecule has 0 spiro atoms. The maximum absolute atomic E-state index is 13.9. The molecule has 0 aliphatic carbocycles. The number of pyridine rings is 1. The smallest absolute Gasteiger partial charge is 0.255 e. The third-order valence-electron chi connectivity index (χ3n) is 6.00. The van der Waals surface area contributed by atoms with Gasteiger partial charge in [0, 0.05) is 44.5 Å². The van der Waals surface area contributed by atoms with Crippen LogP contribution in [-0.4, -0.2) is 60.3 Å². The summed E-state index contributed by atoms with van der Waals surface area (Å²) in [6, 6.07) is 14.1. The molecule has 9 heteroatoms. The molecule has 1 unspecified atom stereocenters. The van der Waals surface area contributed by atoms with Crippen molar-refractivity contribution >= 4 is 11.6 Å². The number of anilines is 1. The largest absolute Gasteiger partial charge is 0.379 e. The summed E-state index contributed by atoms with van der Waals surface area (Å²) in [5.74, 6) is -1.05. The van der Waals surface area contributed by atoms with Gasteiger partial charge in [-0.3, -0.25) is 20.0 Å². The number of benzene rings is 2. The van der Waals surface area contributed by atoms with Crippen molar-refractivity contribution in [3.8, 4) is 11.1 Å². The molecule has 3 aromatic rings. The number of halogens is 1. The second-order valence-electron chi connectivity index (χ2n) is 8.32. The molecule has 2 heterocycles. The van der Waals surface area contributed by atoms with E-state index in [0.29, 0.717) is 17.7 Å². The number of carbonyl (C=O) groups is 1. The van der Waals surface area contributed by atoms with Crippen LogP contribution in [0.3, 0.4) is 0 Å². The van der Waals surface area contributed by atoms with E-state index >= 15 is 0 Å². The van der Waals surface area contributed by atoms with E-state index in [0.717, 1.165) is 55.7 Å². The number of nitrogens with zero attached hydrogens (tertiary/aromatic N) is 2. The first kappa shape index (κ1) is 24.9. The zero-order valence-electron chi connectivity index (χ0n) is 19.4. The van der Waals surface area contributed by atoms with Crippen LogP contribution in [0.25, 0.3) is 11.1 Å². The monoisotopic (exact) mass is 479 g/mol. The molecule has 1 atom stereocenters. The Kier molecular flexibility index (Phi) is 8.51. The summed E-state index contributed by atoms with van der Waals surface area (Å²) in [7, 11) is 0. The number of carbonyl (C=O) groups excluding carboxylic acids is 1. The van der Waals surface area contributed by atoms with E-state index in [4.69, 9.17) is 10.5 Å². The maximum atomic E-state index is 13.9. The summed E-state index contributed by atoms with van der Waals surface area (Å²) >= 11 is 0. The number of hydrogen-bond donors (Lipinski definition) is 4.